The highest BCUT2D eigenvalue weighted by atomic mass is 16.5. The van der Waals surface area contributed by atoms with Crippen molar-refractivity contribution in [3.63, 3.8) is 0 Å². The Morgan fingerprint density at radius 2 is 2.45 bits per heavy atom. The lowest BCUT2D eigenvalue weighted by Crippen LogP contribution is -2.51. The van der Waals surface area contributed by atoms with Gasteiger partial charge in [-0.2, -0.15) is 9.61 Å². The summed E-state index contributed by atoms with van der Waals surface area (Å²) in [7, 11) is 0. The third-order valence-electron chi connectivity index (χ3n) is 3.41. The highest BCUT2D eigenvalue weighted by molar-refractivity contribution is 5.46. The van der Waals surface area contributed by atoms with Crippen molar-refractivity contribution in [2.24, 2.45) is 0 Å². The molecule has 0 radical (unpaired) electrons. The van der Waals surface area contributed by atoms with Gasteiger partial charge >= 0.3 is 5.69 Å². The predicted octanol–water partition coefficient (Wildman–Crippen LogP) is -0.768. The molecule has 1 aliphatic heterocycles. The van der Waals surface area contributed by atoms with Crippen molar-refractivity contribution >= 4 is 11.5 Å². The third kappa shape index (κ3) is 2.39. The van der Waals surface area contributed by atoms with E-state index in [1.807, 2.05) is 6.07 Å². The summed E-state index contributed by atoms with van der Waals surface area (Å²) in [5.74, 6) is 0.771. The van der Waals surface area contributed by atoms with E-state index in [-0.39, 0.29) is 11.7 Å². The van der Waals surface area contributed by atoms with E-state index in [1.165, 1.54) is 4.52 Å². The summed E-state index contributed by atoms with van der Waals surface area (Å²) in [5.41, 5.74) is 0.202. The van der Waals surface area contributed by atoms with E-state index in [9.17, 15) is 4.79 Å². The van der Waals surface area contributed by atoms with Crippen molar-refractivity contribution in [2.75, 3.05) is 37.7 Å². The molecule has 1 unspecified atom stereocenters. The van der Waals surface area contributed by atoms with Crippen LogP contribution < -0.4 is 15.9 Å². The van der Waals surface area contributed by atoms with Gasteiger partial charge in [0.15, 0.2) is 5.65 Å². The van der Waals surface area contributed by atoms with Crippen LogP contribution in [0.2, 0.25) is 0 Å². The standard InChI is InChI=1S/C12H18N6O2/c1-2-13-7-9-8-20-6-5-17(9)11-4-3-10-14-15-12(19)18(10)16-11/h3-4,9,13H,2,5-8H2,1H3,(H,15,19). The Labute approximate surface area is 115 Å². The Morgan fingerprint density at radius 3 is 3.30 bits per heavy atom. The van der Waals surface area contributed by atoms with Gasteiger partial charge < -0.3 is 15.0 Å². The first-order valence-corrected chi connectivity index (χ1v) is 6.79. The fourth-order valence-corrected chi connectivity index (χ4v) is 2.38. The largest absolute Gasteiger partial charge is 0.377 e. The number of likely N-dealkylation sites (N-methyl/N-ethyl adjacent to an activating group) is 1. The number of hydrogen-bond acceptors (Lipinski definition) is 6. The number of H-pyrrole nitrogens is 1. The van der Waals surface area contributed by atoms with E-state index in [1.54, 1.807) is 6.07 Å². The van der Waals surface area contributed by atoms with Gasteiger partial charge in [0.25, 0.3) is 0 Å². The van der Waals surface area contributed by atoms with Crippen molar-refractivity contribution in [2.45, 2.75) is 13.0 Å². The van der Waals surface area contributed by atoms with Gasteiger partial charge in [0.1, 0.15) is 5.82 Å². The van der Waals surface area contributed by atoms with E-state index in [2.05, 4.69) is 32.4 Å². The molecule has 2 N–H and O–H groups in total. The first-order chi connectivity index (χ1) is 9.79. The zero-order chi connectivity index (χ0) is 13.9. The second-order valence-corrected chi connectivity index (χ2v) is 4.72. The van der Waals surface area contributed by atoms with Crippen LogP contribution in [-0.4, -0.2) is 58.7 Å². The Hall–Kier alpha value is -1.93. The maximum Gasteiger partial charge on any atom is 0.364 e. The normalized spacial score (nSPS) is 19.6. The van der Waals surface area contributed by atoms with Gasteiger partial charge in [-0.25, -0.2) is 9.89 Å². The molecule has 3 rings (SSSR count). The lowest BCUT2D eigenvalue weighted by atomic mass is 10.2. The van der Waals surface area contributed by atoms with E-state index >= 15 is 0 Å². The van der Waals surface area contributed by atoms with Gasteiger partial charge in [0.05, 0.1) is 19.3 Å². The lowest BCUT2D eigenvalue weighted by molar-refractivity contribution is 0.0934. The fourth-order valence-electron chi connectivity index (χ4n) is 2.38. The molecule has 3 heterocycles. The van der Waals surface area contributed by atoms with Crippen molar-refractivity contribution in [3.05, 3.63) is 22.6 Å². The molecule has 8 heteroatoms. The van der Waals surface area contributed by atoms with Crippen LogP contribution in [0.25, 0.3) is 5.65 Å². The quantitative estimate of drug-likeness (QED) is 0.764. The number of aromatic nitrogens is 4. The number of ether oxygens (including phenoxy) is 1. The molecule has 1 fully saturated rings. The molecule has 0 saturated carbocycles. The molecule has 8 nitrogen and oxygen atoms in total. The lowest BCUT2D eigenvalue weighted by Gasteiger charge is -2.36. The molecule has 0 aliphatic carbocycles. The number of anilines is 1. The average Bonchev–Trinajstić information content (AvgIpc) is 2.86. The predicted molar refractivity (Wildman–Crippen MR) is 74.1 cm³/mol. The Balaban J connectivity index is 1.90. The highest BCUT2D eigenvalue weighted by Gasteiger charge is 2.24. The average molecular weight is 278 g/mol. The van der Waals surface area contributed by atoms with Gasteiger partial charge in [-0.1, -0.05) is 6.92 Å². The van der Waals surface area contributed by atoms with Crippen LogP contribution >= 0.6 is 0 Å². The van der Waals surface area contributed by atoms with Crippen LogP contribution in [0.15, 0.2) is 16.9 Å². The van der Waals surface area contributed by atoms with E-state index < -0.39 is 0 Å². The van der Waals surface area contributed by atoms with Crippen molar-refractivity contribution in [1.29, 1.82) is 0 Å². The molecule has 2 aromatic heterocycles. The van der Waals surface area contributed by atoms with Gasteiger partial charge in [-0.15, -0.1) is 5.10 Å². The molecule has 1 aliphatic rings. The topological polar surface area (TPSA) is 87.5 Å². The summed E-state index contributed by atoms with van der Waals surface area (Å²) in [5, 5.41) is 14.0. The maximum absolute atomic E-state index is 11.6. The van der Waals surface area contributed by atoms with Gasteiger partial charge in [-0.3, -0.25) is 0 Å². The van der Waals surface area contributed by atoms with Crippen LogP contribution in [0.4, 0.5) is 5.82 Å². The fraction of sp³-hybridized carbons (Fsp3) is 0.583. The summed E-state index contributed by atoms with van der Waals surface area (Å²) in [6.45, 7) is 5.91. The minimum atomic E-state index is -0.321. The SMILES string of the molecule is CCNCC1COCCN1c1ccc2n[nH]c(=O)n2n1. The van der Waals surface area contributed by atoms with Crippen molar-refractivity contribution < 1.29 is 4.74 Å². The maximum atomic E-state index is 11.6. The van der Waals surface area contributed by atoms with Crippen LogP contribution in [0.5, 0.6) is 0 Å². The molecular formula is C12H18N6O2. The minimum absolute atomic E-state index is 0.219. The van der Waals surface area contributed by atoms with E-state index in [0.717, 1.165) is 25.5 Å². The molecule has 1 atom stereocenters. The smallest absolute Gasteiger partial charge is 0.364 e. The minimum Gasteiger partial charge on any atom is -0.377 e. The molecule has 0 amide bonds. The number of morpholine rings is 1. The van der Waals surface area contributed by atoms with Crippen LogP contribution in [0.3, 0.4) is 0 Å². The zero-order valence-corrected chi connectivity index (χ0v) is 11.4. The summed E-state index contributed by atoms with van der Waals surface area (Å²) in [6, 6.07) is 3.90. The zero-order valence-electron chi connectivity index (χ0n) is 11.4. The molecule has 1 saturated heterocycles. The van der Waals surface area contributed by atoms with Crippen LogP contribution in [-0.2, 0) is 4.74 Å². The summed E-state index contributed by atoms with van der Waals surface area (Å²) >= 11 is 0. The first-order valence-electron chi connectivity index (χ1n) is 6.79. The van der Waals surface area contributed by atoms with Crippen LogP contribution in [0, 0.1) is 0 Å². The monoisotopic (exact) mass is 278 g/mol. The summed E-state index contributed by atoms with van der Waals surface area (Å²) in [4.78, 5) is 13.8. The molecule has 0 spiro atoms. The van der Waals surface area contributed by atoms with Gasteiger partial charge in [0.2, 0.25) is 0 Å². The van der Waals surface area contributed by atoms with Crippen molar-refractivity contribution in [1.82, 2.24) is 25.1 Å². The third-order valence-corrected chi connectivity index (χ3v) is 3.41. The summed E-state index contributed by atoms with van der Waals surface area (Å²) < 4.78 is 6.82. The molecular weight excluding hydrogens is 260 g/mol. The number of aromatic amines is 1. The number of hydrogen-bond donors (Lipinski definition) is 2. The first kappa shape index (κ1) is 13.1. The molecule has 108 valence electrons. The Morgan fingerprint density at radius 1 is 1.55 bits per heavy atom. The van der Waals surface area contributed by atoms with E-state index in [0.29, 0.717) is 18.9 Å². The Kier molecular flexibility index (Phi) is 3.66. The second kappa shape index (κ2) is 5.59. The molecule has 0 bridgehead atoms. The Bertz CT molecular complexity index is 636. The molecule has 0 aromatic carbocycles. The summed E-state index contributed by atoms with van der Waals surface area (Å²) in [6.07, 6.45) is 0. The van der Waals surface area contributed by atoms with Gasteiger partial charge in [-0.05, 0) is 18.7 Å². The van der Waals surface area contributed by atoms with E-state index in [4.69, 9.17) is 4.74 Å². The number of nitrogens with zero attached hydrogens (tertiary/aromatic N) is 4. The van der Waals surface area contributed by atoms with Crippen LogP contribution in [0.1, 0.15) is 6.92 Å². The highest BCUT2D eigenvalue weighted by Crippen LogP contribution is 2.16. The van der Waals surface area contributed by atoms with Crippen molar-refractivity contribution in [3.8, 4) is 0 Å². The number of fused-ring (bicyclic) bond motifs is 1. The number of nitrogens with one attached hydrogen (secondary N) is 2. The molecule has 2 aromatic rings. The number of rotatable bonds is 4. The molecule has 20 heavy (non-hydrogen) atoms. The second-order valence-electron chi connectivity index (χ2n) is 4.72. The van der Waals surface area contributed by atoms with Gasteiger partial charge in [0, 0.05) is 13.1 Å².